The van der Waals surface area contributed by atoms with Gasteiger partial charge in [-0.3, -0.25) is 4.79 Å². The molecule has 0 spiro atoms. The number of benzene rings is 2. The fraction of sp³-hybridized carbons (Fsp3) is 0.0952. The van der Waals surface area contributed by atoms with Gasteiger partial charge in [0.2, 0.25) is 0 Å². The third-order valence-electron chi connectivity index (χ3n) is 3.73. The molecular weight excluding hydrogens is 300 g/mol. The maximum absolute atomic E-state index is 11.9. The van der Waals surface area contributed by atoms with Crippen LogP contribution < -0.4 is 0 Å². The summed E-state index contributed by atoms with van der Waals surface area (Å²) in [4.78, 5) is 14.4. The van der Waals surface area contributed by atoms with Crippen molar-refractivity contribution in [1.29, 1.82) is 0 Å². The van der Waals surface area contributed by atoms with Crippen LogP contribution in [0.5, 0.6) is 0 Å². The van der Waals surface area contributed by atoms with Crippen LogP contribution in [0.2, 0.25) is 0 Å². The molecule has 114 valence electrons. The van der Waals surface area contributed by atoms with E-state index in [-0.39, 0.29) is 5.78 Å². The number of rotatable bonds is 4. The van der Waals surface area contributed by atoms with E-state index in [2.05, 4.69) is 37.3 Å². The first kappa shape index (κ1) is 15.4. The van der Waals surface area contributed by atoms with E-state index in [0.717, 1.165) is 22.3 Å². The van der Waals surface area contributed by atoms with Crippen LogP contribution in [-0.4, -0.2) is 5.78 Å². The monoisotopic (exact) mass is 318 g/mol. The van der Waals surface area contributed by atoms with Gasteiger partial charge in [0.25, 0.3) is 0 Å². The molecule has 2 heteroatoms. The number of carbonyl (C=O) groups is 1. The highest BCUT2D eigenvalue weighted by atomic mass is 32.1. The first-order valence-corrected chi connectivity index (χ1v) is 8.40. The molecule has 23 heavy (non-hydrogen) atoms. The molecule has 2 aromatic carbocycles. The smallest absolute Gasteiger partial charge is 0.160 e. The van der Waals surface area contributed by atoms with Gasteiger partial charge < -0.3 is 0 Å². The number of carbonyl (C=O) groups excluding carboxylic acids is 1. The lowest BCUT2D eigenvalue weighted by molar-refractivity contribution is 0.101. The van der Waals surface area contributed by atoms with Crippen LogP contribution in [0.25, 0.3) is 11.6 Å². The summed E-state index contributed by atoms with van der Waals surface area (Å²) in [5.41, 5.74) is 4.03. The summed E-state index contributed by atoms with van der Waals surface area (Å²) in [7, 11) is 0. The molecule has 0 aliphatic rings. The number of ketones is 1. The van der Waals surface area contributed by atoms with Crippen molar-refractivity contribution in [2.45, 2.75) is 13.8 Å². The van der Waals surface area contributed by atoms with E-state index in [1.165, 1.54) is 9.75 Å². The molecule has 0 amide bonds. The fourth-order valence-corrected chi connectivity index (χ4v) is 3.50. The highest BCUT2D eigenvalue weighted by Gasteiger charge is 2.10. The van der Waals surface area contributed by atoms with Gasteiger partial charge >= 0.3 is 0 Å². The first-order chi connectivity index (χ1) is 11.1. The number of hydrogen-bond acceptors (Lipinski definition) is 2. The molecule has 0 radical (unpaired) electrons. The molecule has 1 aromatic heterocycles. The standard InChI is InChI=1S/C21H18OS/c1-15-12-13-21(23-15)20(17-8-4-3-5-9-17)14-18-10-6-7-11-19(18)16(2)22/h3-14H,1-2H3/b20-14-. The topological polar surface area (TPSA) is 17.1 Å². The predicted octanol–water partition coefficient (Wildman–Crippen LogP) is 5.85. The zero-order valence-corrected chi connectivity index (χ0v) is 14.1. The number of thiophene rings is 1. The van der Waals surface area contributed by atoms with Gasteiger partial charge in [0, 0.05) is 15.3 Å². The lowest BCUT2D eigenvalue weighted by Crippen LogP contribution is -1.96. The minimum absolute atomic E-state index is 0.0895. The Morgan fingerprint density at radius 2 is 1.61 bits per heavy atom. The highest BCUT2D eigenvalue weighted by Crippen LogP contribution is 2.31. The summed E-state index contributed by atoms with van der Waals surface area (Å²) in [6, 6.07) is 22.4. The number of aryl methyl sites for hydroxylation is 1. The van der Waals surface area contributed by atoms with Crippen molar-refractivity contribution < 1.29 is 4.79 Å². The van der Waals surface area contributed by atoms with Crippen LogP contribution in [0, 0.1) is 6.92 Å². The second-order valence-corrected chi connectivity index (χ2v) is 6.77. The van der Waals surface area contributed by atoms with Gasteiger partial charge in [-0.1, -0.05) is 54.6 Å². The lowest BCUT2D eigenvalue weighted by Gasteiger charge is -2.08. The number of Topliss-reactive ketones (excluding diaryl/α,β-unsaturated/α-hetero) is 1. The third-order valence-corrected chi connectivity index (χ3v) is 4.76. The Hall–Kier alpha value is -2.45. The van der Waals surface area contributed by atoms with Crippen LogP contribution in [0.4, 0.5) is 0 Å². The largest absolute Gasteiger partial charge is 0.294 e. The molecule has 0 saturated carbocycles. The summed E-state index contributed by atoms with van der Waals surface area (Å²) >= 11 is 1.77. The Balaban J connectivity index is 2.18. The first-order valence-electron chi connectivity index (χ1n) is 7.59. The van der Waals surface area contributed by atoms with Gasteiger partial charge in [-0.25, -0.2) is 0 Å². The summed E-state index contributed by atoms with van der Waals surface area (Å²) in [6.45, 7) is 3.73. The van der Waals surface area contributed by atoms with E-state index in [9.17, 15) is 4.79 Å². The Morgan fingerprint density at radius 1 is 0.913 bits per heavy atom. The lowest BCUT2D eigenvalue weighted by atomic mass is 9.97. The van der Waals surface area contributed by atoms with E-state index in [1.54, 1.807) is 18.3 Å². The molecule has 1 heterocycles. The van der Waals surface area contributed by atoms with Crippen LogP contribution in [0.3, 0.4) is 0 Å². The molecule has 0 aliphatic heterocycles. The molecular formula is C21H18OS. The quantitative estimate of drug-likeness (QED) is 0.436. The van der Waals surface area contributed by atoms with E-state index in [1.807, 2.05) is 42.5 Å². The summed E-state index contributed by atoms with van der Waals surface area (Å²) < 4.78 is 0. The van der Waals surface area contributed by atoms with Gasteiger partial charge in [0.15, 0.2) is 5.78 Å². The van der Waals surface area contributed by atoms with E-state index in [4.69, 9.17) is 0 Å². The molecule has 0 atom stereocenters. The minimum atomic E-state index is 0.0895. The molecule has 0 bridgehead atoms. The average molecular weight is 318 g/mol. The Kier molecular flexibility index (Phi) is 4.54. The molecule has 0 saturated heterocycles. The summed E-state index contributed by atoms with van der Waals surface area (Å²) in [5.74, 6) is 0.0895. The molecule has 0 N–H and O–H groups in total. The van der Waals surface area contributed by atoms with E-state index in [0.29, 0.717) is 0 Å². The number of hydrogen-bond donors (Lipinski definition) is 0. The molecule has 3 aromatic rings. The second-order valence-electron chi connectivity index (χ2n) is 5.48. The van der Waals surface area contributed by atoms with Crippen molar-refractivity contribution in [3.63, 3.8) is 0 Å². The van der Waals surface area contributed by atoms with Crippen molar-refractivity contribution in [1.82, 2.24) is 0 Å². The Bertz CT molecular complexity index is 856. The SMILES string of the molecule is CC(=O)c1ccccc1/C=C(/c1ccccc1)c1ccc(C)s1. The van der Waals surface area contributed by atoms with E-state index < -0.39 is 0 Å². The van der Waals surface area contributed by atoms with Gasteiger partial charge in [-0.05, 0) is 48.8 Å². The van der Waals surface area contributed by atoms with Gasteiger partial charge in [0.1, 0.15) is 0 Å². The van der Waals surface area contributed by atoms with Crippen LogP contribution >= 0.6 is 11.3 Å². The van der Waals surface area contributed by atoms with Crippen molar-refractivity contribution in [3.8, 4) is 0 Å². The maximum Gasteiger partial charge on any atom is 0.160 e. The third kappa shape index (κ3) is 3.49. The highest BCUT2D eigenvalue weighted by molar-refractivity contribution is 7.13. The zero-order chi connectivity index (χ0) is 16.2. The van der Waals surface area contributed by atoms with Crippen molar-refractivity contribution in [2.24, 2.45) is 0 Å². The van der Waals surface area contributed by atoms with Gasteiger partial charge in [-0.15, -0.1) is 11.3 Å². The van der Waals surface area contributed by atoms with Gasteiger partial charge in [0.05, 0.1) is 0 Å². The van der Waals surface area contributed by atoms with Gasteiger partial charge in [-0.2, -0.15) is 0 Å². The zero-order valence-electron chi connectivity index (χ0n) is 13.2. The van der Waals surface area contributed by atoms with Crippen molar-refractivity contribution in [3.05, 3.63) is 93.2 Å². The molecule has 1 nitrogen and oxygen atoms in total. The summed E-state index contributed by atoms with van der Waals surface area (Å²) in [6.07, 6.45) is 2.12. The Morgan fingerprint density at radius 3 is 2.26 bits per heavy atom. The summed E-state index contributed by atoms with van der Waals surface area (Å²) in [5, 5.41) is 0. The van der Waals surface area contributed by atoms with Crippen molar-refractivity contribution in [2.75, 3.05) is 0 Å². The van der Waals surface area contributed by atoms with E-state index >= 15 is 0 Å². The average Bonchev–Trinajstić information content (AvgIpc) is 3.00. The molecule has 3 rings (SSSR count). The van der Waals surface area contributed by atoms with Crippen LogP contribution in [-0.2, 0) is 0 Å². The van der Waals surface area contributed by atoms with Crippen LogP contribution in [0.15, 0.2) is 66.7 Å². The second kappa shape index (κ2) is 6.76. The maximum atomic E-state index is 11.9. The Labute approximate surface area is 140 Å². The van der Waals surface area contributed by atoms with Crippen LogP contribution in [0.1, 0.15) is 38.2 Å². The molecule has 0 fully saturated rings. The normalized spacial score (nSPS) is 11.5. The minimum Gasteiger partial charge on any atom is -0.294 e. The molecule has 0 unspecified atom stereocenters. The fourth-order valence-electron chi connectivity index (χ4n) is 2.59. The molecule has 0 aliphatic carbocycles. The predicted molar refractivity (Wildman–Crippen MR) is 98.9 cm³/mol. The van der Waals surface area contributed by atoms with Crippen molar-refractivity contribution >= 4 is 28.8 Å².